The summed E-state index contributed by atoms with van der Waals surface area (Å²) in [5, 5.41) is 0. The van der Waals surface area contributed by atoms with Crippen molar-refractivity contribution in [2.45, 2.75) is 26.3 Å². The van der Waals surface area contributed by atoms with E-state index in [0.717, 1.165) is 23.2 Å². The zero-order valence-corrected chi connectivity index (χ0v) is 11.6. The Bertz CT molecular complexity index is 529. The molecule has 0 spiro atoms. The van der Waals surface area contributed by atoms with Gasteiger partial charge in [0.05, 0.1) is 6.04 Å². The monoisotopic (exact) mass is 254 g/mol. The zero-order chi connectivity index (χ0) is 13.8. The fraction of sp³-hybridized carbons (Fsp3) is 0.294. The second kappa shape index (κ2) is 5.89. The normalized spacial score (nSPS) is 12.6. The van der Waals surface area contributed by atoms with E-state index in [1.165, 1.54) is 5.56 Å². The van der Waals surface area contributed by atoms with E-state index in [-0.39, 0.29) is 6.04 Å². The molecule has 0 heterocycles. The summed E-state index contributed by atoms with van der Waals surface area (Å²) in [7, 11) is 0. The number of benzene rings is 2. The molecule has 2 aromatic rings. The highest BCUT2D eigenvalue weighted by Gasteiger charge is 2.09. The van der Waals surface area contributed by atoms with Crippen LogP contribution in [0.4, 0.5) is 5.69 Å². The fourth-order valence-electron chi connectivity index (χ4n) is 2.28. The lowest BCUT2D eigenvalue weighted by molar-refractivity contribution is 0.647. The Kier molecular flexibility index (Phi) is 4.23. The maximum Gasteiger partial charge on any atom is 0.0552 e. The summed E-state index contributed by atoms with van der Waals surface area (Å²) in [6.45, 7) is 4.46. The second-order valence-electron chi connectivity index (χ2n) is 5.49. The summed E-state index contributed by atoms with van der Waals surface area (Å²) in [4.78, 5) is 0. The highest BCUT2D eigenvalue weighted by molar-refractivity contribution is 5.44. The highest BCUT2D eigenvalue weighted by Crippen LogP contribution is 2.22. The molecule has 0 aliphatic heterocycles. The Morgan fingerprint density at radius 1 is 0.947 bits per heavy atom. The minimum absolute atomic E-state index is 0.114. The third-order valence-corrected chi connectivity index (χ3v) is 3.25. The number of nitrogens with two attached hydrogens (primary N) is 2. The van der Waals surface area contributed by atoms with Crippen LogP contribution in [0.2, 0.25) is 0 Å². The minimum atomic E-state index is -0.114. The largest absolute Gasteiger partial charge is 0.399 e. The van der Waals surface area contributed by atoms with Gasteiger partial charge in [0, 0.05) is 5.69 Å². The van der Waals surface area contributed by atoms with Crippen molar-refractivity contribution in [3.8, 4) is 0 Å². The maximum atomic E-state index is 6.28. The molecule has 2 aromatic carbocycles. The summed E-state index contributed by atoms with van der Waals surface area (Å²) in [6.07, 6.45) is 1.10. The van der Waals surface area contributed by atoms with Crippen LogP contribution in [0.25, 0.3) is 0 Å². The number of hydrogen-bond donors (Lipinski definition) is 2. The van der Waals surface area contributed by atoms with E-state index in [9.17, 15) is 0 Å². The van der Waals surface area contributed by atoms with Crippen molar-refractivity contribution >= 4 is 5.69 Å². The standard InChI is InChI=1S/C17H22N2/c1-12(2)10-13-6-8-14(9-7-13)17(19)15-4-3-5-16(18)11-15/h3-9,11-12,17H,10,18-19H2,1-2H3. The first-order chi connectivity index (χ1) is 9.06. The molecule has 0 saturated carbocycles. The Labute approximate surface area is 115 Å². The van der Waals surface area contributed by atoms with Gasteiger partial charge >= 0.3 is 0 Å². The van der Waals surface area contributed by atoms with Crippen molar-refractivity contribution in [2.24, 2.45) is 11.7 Å². The van der Waals surface area contributed by atoms with E-state index in [4.69, 9.17) is 11.5 Å². The maximum absolute atomic E-state index is 6.28. The van der Waals surface area contributed by atoms with Crippen LogP contribution < -0.4 is 11.5 Å². The molecule has 0 saturated heterocycles. The average Bonchev–Trinajstić information content (AvgIpc) is 2.38. The van der Waals surface area contributed by atoms with Gasteiger partial charge in [-0.2, -0.15) is 0 Å². The van der Waals surface area contributed by atoms with Gasteiger partial charge in [-0.15, -0.1) is 0 Å². The Balaban J connectivity index is 2.17. The van der Waals surface area contributed by atoms with Crippen molar-refractivity contribution in [1.29, 1.82) is 0 Å². The van der Waals surface area contributed by atoms with E-state index < -0.39 is 0 Å². The van der Waals surface area contributed by atoms with Crippen LogP contribution in [0.3, 0.4) is 0 Å². The van der Waals surface area contributed by atoms with Gasteiger partial charge in [-0.05, 0) is 41.2 Å². The number of anilines is 1. The SMILES string of the molecule is CC(C)Cc1ccc(C(N)c2cccc(N)c2)cc1. The molecule has 0 radical (unpaired) electrons. The quantitative estimate of drug-likeness (QED) is 0.820. The van der Waals surface area contributed by atoms with Gasteiger partial charge in [-0.3, -0.25) is 0 Å². The van der Waals surface area contributed by atoms with Gasteiger partial charge < -0.3 is 11.5 Å². The number of hydrogen-bond acceptors (Lipinski definition) is 2. The van der Waals surface area contributed by atoms with Crippen LogP contribution in [0.15, 0.2) is 48.5 Å². The van der Waals surface area contributed by atoms with Gasteiger partial charge in [0.25, 0.3) is 0 Å². The smallest absolute Gasteiger partial charge is 0.0552 e. The van der Waals surface area contributed by atoms with E-state index in [1.807, 2.05) is 24.3 Å². The van der Waals surface area contributed by atoms with Crippen molar-refractivity contribution in [2.75, 3.05) is 5.73 Å². The molecule has 0 bridgehead atoms. The molecule has 19 heavy (non-hydrogen) atoms. The molecule has 0 fully saturated rings. The second-order valence-corrected chi connectivity index (χ2v) is 5.49. The van der Waals surface area contributed by atoms with Crippen molar-refractivity contribution in [1.82, 2.24) is 0 Å². The lowest BCUT2D eigenvalue weighted by Gasteiger charge is -2.14. The van der Waals surface area contributed by atoms with Crippen LogP contribution in [0.5, 0.6) is 0 Å². The van der Waals surface area contributed by atoms with Gasteiger partial charge in [0.1, 0.15) is 0 Å². The van der Waals surface area contributed by atoms with Crippen molar-refractivity contribution in [3.63, 3.8) is 0 Å². The first-order valence-electron chi connectivity index (χ1n) is 6.76. The van der Waals surface area contributed by atoms with Crippen LogP contribution in [0, 0.1) is 5.92 Å². The molecule has 0 amide bonds. The first kappa shape index (κ1) is 13.6. The van der Waals surface area contributed by atoms with Crippen LogP contribution in [-0.2, 0) is 6.42 Å². The van der Waals surface area contributed by atoms with Crippen molar-refractivity contribution < 1.29 is 0 Å². The highest BCUT2D eigenvalue weighted by atomic mass is 14.6. The molecule has 0 aliphatic carbocycles. The summed E-state index contributed by atoms with van der Waals surface area (Å²) >= 11 is 0. The predicted molar refractivity (Wildman–Crippen MR) is 81.9 cm³/mol. The Hall–Kier alpha value is -1.80. The van der Waals surface area contributed by atoms with Gasteiger partial charge in [-0.25, -0.2) is 0 Å². The average molecular weight is 254 g/mol. The predicted octanol–water partition coefficient (Wildman–Crippen LogP) is 3.52. The zero-order valence-electron chi connectivity index (χ0n) is 11.6. The molecular weight excluding hydrogens is 232 g/mol. The summed E-state index contributed by atoms with van der Waals surface area (Å²) in [5.41, 5.74) is 16.4. The molecule has 1 atom stereocenters. The number of nitrogen functional groups attached to an aromatic ring is 1. The molecular formula is C17H22N2. The first-order valence-corrected chi connectivity index (χ1v) is 6.76. The Morgan fingerprint density at radius 2 is 1.63 bits per heavy atom. The topological polar surface area (TPSA) is 52.0 Å². The van der Waals surface area contributed by atoms with Crippen LogP contribution in [-0.4, -0.2) is 0 Å². The minimum Gasteiger partial charge on any atom is -0.399 e. The number of rotatable bonds is 4. The lowest BCUT2D eigenvalue weighted by Crippen LogP contribution is -2.12. The van der Waals surface area contributed by atoms with Gasteiger partial charge in [0.2, 0.25) is 0 Å². The molecule has 0 aromatic heterocycles. The van der Waals surface area contributed by atoms with E-state index in [2.05, 4.69) is 38.1 Å². The van der Waals surface area contributed by atoms with E-state index in [0.29, 0.717) is 5.92 Å². The molecule has 1 unspecified atom stereocenters. The summed E-state index contributed by atoms with van der Waals surface area (Å²) in [6, 6.07) is 16.2. The summed E-state index contributed by atoms with van der Waals surface area (Å²) < 4.78 is 0. The molecule has 2 rings (SSSR count). The molecule has 4 N–H and O–H groups in total. The van der Waals surface area contributed by atoms with Crippen molar-refractivity contribution in [3.05, 3.63) is 65.2 Å². The lowest BCUT2D eigenvalue weighted by atomic mass is 9.96. The van der Waals surface area contributed by atoms with Gasteiger partial charge in [-0.1, -0.05) is 50.2 Å². The fourth-order valence-corrected chi connectivity index (χ4v) is 2.28. The van der Waals surface area contributed by atoms with E-state index in [1.54, 1.807) is 0 Å². The van der Waals surface area contributed by atoms with Gasteiger partial charge in [0.15, 0.2) is 0 Å². The molecule has 0 aliphatic rings. The Morgan fingerprint density at radius 3 is 2.21 bits per heavy atom. The molecule has 2 nitrogen and oxygen atoms in total. The summed E-state index contributed by atoms with van der Waals surface area (Å²) in [5.74, 6) is 0.674. The third-order valence-electron chi connectivity index (χ3n) is 3.25. The molecule has 100 valence electrons. The van der Waals surface area contributed by atoms with Crippen LogP contribution in [0.1, 0.15) is 36.6 Å². The van der Waals surface area contributed by atoms with Crippen LogP contribution >= 0.6 is 0 Å². The molecule has 2 heteroatoms. The third kappa shape index (κ3) is 3.58. The van der Waals surface area contributed by atoms with E-state index >= 15 is 0 Å².